The molecule has 0 atom stereocenters. The third kappa shape index (κ3) is 3.44. The van der Waals surface area contributed by atoms with Gasteiger partial charge in [-0.2, -0.15) is 0 Å². The fourth-order valence-corrected chi connectivity index (χ4v) is 2.07. The molecule has 96 valence electrons. The lowest BCUT2D eigenvalue weighted by atomic mass is 10.5. The smallest absolute Gasteiger partial charge is 0.262 e. The van der Waals surface area contributed by atoms with Crippen LogP contribution in [0.1, 0.15) is 18.4 Å². The van der Waals surface area contributed by atoms with Crippen molar-refractivity contribution in [3.8, 4) is 0 Å². The second-order valence-electron chi connectivity index (χ2n) is 3.54. The van der Waals surface area contributed by atoms with Crippen LogP contribution in [-0.2, 0) is 11.3 Å². The Morgan fingerprint density at radius 2 is 2.22 bits per heavy atom. The molecule has 2 N–H and O–H groups in total. The lowest BCUT2D eigenvalue weighted by Crippen LogP contribution is -2.03. The van der Waals surface area contributed by atoms with Gasteiger partial charge >= 0.3 is 0 Å². The normalized spacial score (nSPS) is 10.8. The van der Waals surface area contributed by atoms with E-state index in [2.05, 4.69) is 15.0 Å². The monoisotopic (exact) mass is 266 g/mol. The molecule has 0 bridgehead atoms. The molecular formula is C11H14N4O2S. The third-order valence-electron chi connectivity index (χ3n) is 1.99. The summed E-state index contributed by atoms with van der Waals surface area (Å²) in [5.41, 5.74) is 6.55. The van der Waals surface area contributed by atoms with Gasteiger partial charge in [-0.3, -0.25) is 0 Å². The standard InChI is InChI=1S/C11H14N4O2S/c1-3-16-6-9-14-8(12)4-10(15-9)18-11-13-7(2)5-17-11/h4-5H,3,6H2,1-2H3,(H2,12,14,15). The molecule has 0 radical (unpaired) electrons. The number of nitrogens with two attached hydrogens (primary N) is 1. The van der Waals surface area contributed by atoms with Gasteiger partial charge in [0, 0.05) is 12.7 Å². The second-order valence-corrected chi connectivity index (χ2v) is 4.51. The predicted octanol–water partition coefficient (Wildman–Crippen LogP) is 2.04. The second kappa shape index (κ2) is 5.83. The van der Waals surface area contributed by atoms with Crippen LogP contribution in [0.5, 0.6) is 0 Å². The van der Waals surface area contributed by atoms with Crippen molar-refractivity contribution in [2.45, 2.75) is 30.7 Å². The lowest BCUT2D eigenvalue weighted by molar-refractivity contribution is 0.128. The third-order valence-corrected chi connectivity index (χ3v) is 2.77. The van der Waals surface area contributed by atoms with Crippen LogP contribution in [0.3, 0.4) is 0 Å². The summed E-state index contributed by atoms with van der Waals surface area (Å²) in [7, 11) is 0. The van der Waals surface area contributed by atoms with E-state index in [4.69, 9.17) is 14.9 Å². The van der Waals surface area contributed by atoms with Crippen LogP contribution in [0.4, 0.5) is 5.82 Å². The number of ether oxygens (including phenoxy) is 1. The van der Waals surface area contributed by atoms with E-state index in [-0.39, 0.29) is 0 Å². The number of anilines is 1. The first-order chi connectivity index (χ1) is 8.67. The number of aromatic nitrogens is 3. The van der Waals surface area contributed by atoms with E-state index in [1.165, 1.54) is 11.8 Å². The Labute approximate surface area is 109 Å². The van der Waals surface area contributed by atoms with Gasteiger partial charge in [-0.25, -0.2) is 15.0 Å². The van der Waals surface area contributed by atoms with Crippen LogP contribution >= 0.6 is 11.8 Å². The summed E-state index contributed by atoms with van der Waals surface area (Å²) in [5.74, 6) is 0.966. The quantitative estimate of drug-likeness (QED) is 0.828. The van der Waals surface area contributed by atoms with Crippen molar-refractivity contribution in [2.24, 2.45) is 0 Å². The van der Waals surface area contributed by atoms with Crippen molar-refractivity contribution < 1.29 is 9.15 Å². The van der Waals surface area contributed by atoms with E-state index in [0.717, 1.165) is 5.69 Å². The minimum absolute atomic E-state index is 0.347. The van der Waals surface area contributed by atoms with Gasteiger partial charge in [0.15, 0.2) is 5.82 Å². The van der Waals surface area contributed by atoms with Crippen molar-refractivity contribution in [3.63, 3.8) is 0 Å². The summed E-state index contributed by atoms with van der Waals surface area (Å²) in [6.07, 6.45) is 1.59. The molecule has 2 rings (SSSR count). The maximum absolute atomic E-state index is 5.72. The number of hydrogen-bond donors (Lipinski definition) is 1. The summed E-state index contributed by atoms with van der Waals surface area (Å²) >= 11 is 1.31. The molecule has 6 nitrogen and oxygen atoms in total. The molecule has 0 spiro atoms. The molecule has 7 heteroatoms. The first-order valence-corrected chi connectivity index (χ1v) is 6.30. The van der Waals surface area contributed by atoms with Crippen LogP contribution < -0.4 is 5.73 Å². The highest BCUT2D eigenvalue weighted by Gasteiger charge is 2.08. The molecule has 2 aromatic heterocycles. The number of oxazole rings is 1. The first kappa shape index (κ1) is 12.8. The van der Waals surface area contributed by atoms with Crippen LogP contribution in [0.15, 0.2) is 27.0 Å². The van der Waals surface area contributed by atoms with Gasteiger partial charge in [-0.15, -0.1) is 0 Å². The molecule has 0 saturated heterocycles. The van der Waals surface area contributed by atoms with Gasteiger partial charge in [0.25, 0.3) is 5.22 Å². The number of aryl methyl sites for hydroxylation is 1. The van der Waals surface area contributed by atoms with E-state index in [1.807, 2.05) is 13.8 Å². The number of nitrogens with zero attached hydrogens (tertiary/aromatic N) is 3. The topological polar surface area (TPSA) is 87.1 Å². The van der Waals surface area contributed by atoms with E-state index < -0.39 is 0 Å². The Kier molecular flexibility index (Phi) is 4.16. The average Bonchev–Trinajstić information content (AvgIpc) is 2.71. The van der Waals surface area contributed by atoms with Gasteiger partial charge in [0.2, 0.25) is 0 Å². The molecule has 0 aliphatic rings. The zero-order chi connectivity index (χ0) is 13.0. The summed E-state index contributed by atoms with van der Waals surface area (Å²) < 4.78 is 10.5. The Bertz CT molecular complexity index is 530. The highest BCUT2D eigenvalue weighted by atomic mass is 32.2. The zero-order valence-corrected chi connectivity index (χ0v) is 11.0. The van der Waals surface area contributed by atoms with E-state index >= 15 is 0 Å². The summed E-state index contributed by atoms with van der Waals surface area (Å²) in [5, 5.41) is 1.23. The van der Waals surface area contributed by atoms with Crippen molar-refractivity contribution >= 4 is 17.6 Å². The average molecular weight is 266 g/mol. The molecule has 18 heavy (non-hydrogen) atoms. The maximum atomic E-state index is 5.72. The van der Waals surface area contributed by atoms with Crippen LogP contribution in [0, 0.1) is 6.92 Å². The molecule has 0 amide bonds. The Morgan fingerprint density at radius 3 is 2.89 bits per heavy atom. The van der Waals surface area contributed by atoms with E-state index in [9.17, 15) is 0 Å². The van der Waals surface area contributed by atoms with E-state index in [0.29, 0.717) is 35.1 Å². The molecule has 2 heterocycles. The fraction of sp³-hybridized carbons (Fsp3) is 0.364. The molecular weight excluding hydrogens is 252 g/mol. The molecule has 0 aliphatic heterocycles. The maximum Gasteiger partial charge on any atom is 0.262 e. The first-order valence-electron chi connectivity index (χ1n) is 5.48. The van der Waals surface area contributed by atoms with Gasteiger partial charge < -0.3 is 14.9 Å². The zero-order valence-electron chi connectivity index (χ0n) is 10.2. The molecule has 0 unspecified atom stereocenters. The van der Waals surface area contributed by atoms with Crippen molar-refractivity contribution in [3.05, 3.63) is 23.8 Å². The molecule has 0 saturated carbocycles. The predicted molar refractivity (Wildman–Crippen MR) is 67.1 cm³/mol. The molecule has 0 aromatic carbocycles. The van der Waals surface area contributed by atoms with Gasteiger partial charge in [0.05, 0.1) is 5.69 Å². The Balaban J connectivity index is 2.14. The van der Waals surface area contributed by atoms with E-state index in [1.54, 1.807) is 12.3 Å². The van der Waals surface area contributed by atoms with Crippen LogP contribution in [0.2, 0.25) is 0 Å². The molecule has 0 aliphatic carbocycles. The number of nitrogen functional groups attached to an aromatic ring is 1. The summed E-state index contributed by atoms with van der Waals surface area (Å²) in [6, 6.07) is 1.68. The van der Waals surface area contributed by atoms with Crippen molar-refractivity contribution in [1.29, 1.82) is 0 Å². The molecule has 0 fully saturated rings. The highest BCUT2D eigenvalue weighted by molar-refractivity contribution is 7.99. The minimum atomic E-state index is 0.347. The van der Waals surface area contributed by atoms with Crippen LogP contribution in [0.25, 0.3) is 0 Å². The largest absolute Gasteiger partial charge is 0.439 e. The van der Waals surface area contributed by atoms with Crippen molar-refractivity contribution in [1.82, 2.24) is 15.0 Å². The SMILES string of the molecule is CCOCc1nc(N)cc(Sc2nc(C)co2)n1. The Hall–Kier alpha value is -1.60. The summed E-state index contributed by atoms with van der Waals surface area (Å²) in [6.45, 7) is 4.74. The highest BCUT2D eigenvalue weighted by Crippen LogP contribution is 2.26. The van der Waals surface area contributed by atoms with Crippen LogP contribution in [-0.4, -0.2) is 21.6 Å². The number of rotatable bonds is 5. The number of hydrogen-bond acceptors (Lipinski definition) is 7. The summed E-state index contributed by atoms with van der Waals surface area (Å²) in [4.78, 5) is 12.6. The minimum Gasteiger partial charge on any atom is -0.439 e. The van der Waals surface area contributed by atoms with Gasteiger partial charge in [-0.1, -0.05) is 0 Å². The van der Waals surface area contributed by atoms with Gasteiger partial charge in [0.1, 0.15) is 23.7 Å². The molecule has 2 aromatic rings. The Morgan fingerprint density at radius 1 is 1.39 bits per heavy atom. The van der Waals surface area contributed by atoms with Crippen molar-refractivity contribution in [2.75, 3.05) is 12.3 Å². The fourth-order valence-electron chi connectivity index (χ4n) is 1.27. The van der Waals surface area contributed by atoms with Gasteiger partial charge in [-0.05, 0) is 25.6 Å². The lowest BCUT2D eigenvalue weighted by Gasteiger charge is -2.03.